The Morgan fingerprint density at radius 1 is 1.47 bits per heavy atom. The Bertz CT molecular complexity index is 357. The summed E-state index contributed by atoms with van der Waals surface area (Å²) in [5, 5.41) is 7.67. The van der Waals surface area contributed by atoms with E-state index in [0.717, 1.165) is 43.3 Å². The molecule has 1 heterocycles. The molecule has 1 N–H and O–H groups in total. The van der Waals surface area contributed by atoms with Crippen LogP contribution in [-0.2, 0) is 19.4 Å². The van der Waals surface area contributed by atoms with Gasteiger partial charge in [0.15, 0.2) is 0 Å². The van der Waals surface area contributed by atoms with Crippen molar-refractivity contribution >= 4 is 0 Å². The van der Waals surface area contributed by atoms with E-state index in [1.54, 1.807) is 0 Å². The molecule has 0 bridgehead atoms. The highest BCUT2D eigenvalue weighted by Gasteiger charge is 2.24. The van der Waals surface area contributed by atoms with Gasteiger partial charge in [-0.05, 0) is 31.2 Å². The van der Waals surface area contributed by atoms with Gasteiger partial charge < -0.3 is 9.84 Å². The Kier molecular flexibility index (Phi) is 4.21. The van der Waals surface area contributed by atoms with E-state index in [2.05, 4.69) is 31.2 Å². The average Bonchev–Trinajstić information content (AvgIpc) is 2.71. The molecule has 1 atom stereocenters. The molecule has 1 aliphatic rings. The number of nitrogens with one attached hydrogen (secondary N) is 1. The third kappa shape index (κ3) is 3.09. The average molecular weight is 236 g/mol. The lowest BCUT2D eigenvalue weighted by Gasteiger charge is -2.19. The zero-order valence-electron chi connectivity index (χ0n) is 11.3. The number of aryl methyl sites for hydroxylation is 1. The second-order valence-electron chi connectivity index (χ2n) is 5.57. The Morgan fingerprint density at radius 3 is 3.00 bits per heavy atom. The summed E-state index contributed by atoms with van der Waals surface area (Å²) in [6.45, 7) is 8.61. The maximum atomic E-state index is 5.45. The van der Waals surface area contributed by atoms with Gasteiger partial charge in [0.25, 0.3) is 0 Å². The highest BCUT2D eigenvalue weighted by atomic mass is 16.5. The molecule has 2 rings (SSSR count). The van der Waals surface area contributed by atoms with Gasteiger partial charge in [-0.15, -0.1) is 0 Å². The molecule has 1 aromatic rings. The molecule has 0 saturated carbocycles. The van der Waals surface area contributed by atoms with E-state index in [9.17, 15) is 0 Å². The number of rotatable bonds is 5. The summed E-state index contributed by atoms with van der Waals surface area (Å²) in [6.07, 6.45) is 4.76. The van der Waals surface area contributed by atoms with Crippen molar-refractivity contribution < 1.29 is 4.52 Å². The minimum atomic E-state index is 0.682. The van der Waals surface area contributed by atoms with Crippen molar-refractivity contribution in [2.45, 2.75) is 53.0 Å². The SMILES string of the molecule is CCC1CCc2onc(CNCC(C)C)c2C1. The van der Waals surface area contributed by atoms with Crippen LogP contribution < -0.4 is 5.32 Å². The van der Waals surface area contributed by atoms with Crippen LogP contribution in [0.25, 0.3) is 0 Å². The first kappa shape index (κ1) is 12.6. The topological polar surface area (TPSA) is 38.1 Å². The van der Waals surface area contributed by atoms with E-state index in [1.807, 2.05) is 0 Å². The van der Waals surface area contributed by atoms with Gasteiger partial charge in [-0.25, -0.2) is 0 Å². The van der Waals surface area contributed by atoms with Crippen LogP contribution in [0, 0.1) is 11.8 Å². The van der Waals surface area contributed by atoms with Crippen molar-refractivity contribution in [3.05, 3.63) is 17.0 Å². The summed E-state index contributed by atoms with van der Waals surface area (Å²) >= 11 is 0. The molecule has 0 radical (unpaired) electrons. The predicted molar refractivity (Wildman–Crippen MR) is 68.9 cm³/mol. The summed E-state index contributed by atoms with van der Waals surface area (Å²) in [7, 11) is 0. The zero-order valence-corrected chi connectivity index (χ0v) is 11.3. The maximum Gasteiger partial charge on any atom is 0.140 e. The van der Waals surface area contributed by atoms with E-state index in [4.69, 9.17) is 4.52 Å². The number of hydrogen-bond acceptors (Lipinski definition) is 3. The second kappa shape index (κ2) is 5.67. The van der Waals surface area contributed by atoms with Crippen LogP contribution in [0.4, 0.5) is 0 Å². The second-order valence-corrected chi connectivity index (χ2v) is 5.57. The van der Waals surface area contributed by atoms with Crippen molar-refractivity contribution in [2.24, 2.45) is 11.8 Å². The highest BCUT2D eigenvalue weighted by molar-refractivity contribution is 5.26. The quantitative estimate of drug-likeness (QED) is 0.854. The fourth-order valence-electron chi connectivity index (χ4n) is 2.50. The van der Waals surface area contributed by atoms with E-state index in [1.165, 1.54) is 18.4 Å². The first-order chi connectivity index (χ1) is 8.20. The molecule has 0 aromatic carbocycles. The summed E-state index contributed by atoms with van der Waals surface area (Å²) in [5.74, 6) is 2.64. The van der Waals surface area contributed by atoms with Crippen LogP contribution in [0.3, 0.4) is 0 Å². The Labute approximate surface area is 104 Å². The fourth-order valence-corrected chi connectivity index (χ4v) is 2.50. The minimum Gasteiger partial charge on any atom is -0.361 e. The van der Waals surface area contributed by atoms with Crippen molar-refractivity contribution in [3.63, 3.8) is 0 Å². The smallest absolute Gasteiger partial charge is 0.140 e. The van der Waals surface area contributed by atoms with Crippen LogP contribution >= 0.6 is 0 Å². The number of nitrogens with zero attached hydrogens (tertiary/aromatic N) is 1. The lowest BCUT2D eigenvalue weighted by atomic mass is 9.85. The number of hydrogen-bond donors (Lipinski definition) is 1. The third-order valence-electron chi connectivity index (χ3n) is 3.65. The van der Waals surface area contributed by atoms with E-state index < -0.39 is 0 Å². The molecular weight excluding hydrogens is 212 g/mol. The van der Waals surface area contributed by atoms with Crippen LogP contribution in [0.2, 0.25) is 0 Å². The van der Waals surface area contributed by atoms with E-state index in [0.29, 0.717) is 5.92 Å². The van der Waals surface area contributed by atoms with Crippen molar-refractivity contribution in [1.82, 2.24) is 10.5 Å². The monoisotopic (exact) mass is 236 g/mol. The van der Waals surface area contributed by atoms with Gasteiger partial charge in [0.2, 0.25) is 0 Å². The van der Waals surface area contributed by atoms with Crippen molar-refractivity contribution in [3.8, 4) is 0 Å². The van der Waals surface area contributed by atoms with Gasteiger partial charge in [-0.1, -0.05) is 32.3 Å². The molecule has 0 fully saturated rings. The van der Waals surface area contributed by atoms with E-state index >= 15 is 0 Å². The largest absolute Gasteiger partial charge is 0.361 e. The summed E-state index contributed by atoms with van der Waals surface area (Å²) in [4.78, 5) is 0. The molecule has 96 valence electrons. The minimum absolute atomic E-state index is 0.682. The molecule has 3 heteroatoms. The lowest BCUT2D eigenvalue weighted by molar-refractivity contribution is 0.343. The Hall–Kier alpha value is -0.830. The van der Waals surface area contributed by atoms with Crippen LogP contribution in [0.15, 0.2) is 4.52 Å². The van der Waals surface area contributed by atoms with Crippen molar-refractivity contribution in [2.75, 3.05) is 6.54 Å². The highest BCUT2D eigenvalue weighted by Crippen LogP contribution is 2.29. The number of fused-ring (bicyclic) bond motifs is 1. The fraction of sp³-hybridized carbons (Fsp3) is 0.786. The lowest BCUT2D eigenvalue weighted by Crippen LogP contribution is -2.21. The third-order valence-corrected chi connectivity index (χ3v) is 3.65. The number of aromatic nitrogens is 1. The molecule has 1 unspecified atom stereocenters. The summed E-state index contributed by atoms with van der Waals surface area (Å²) in [5.41, 5.74) is 2.53. The molecule has 0 saturated heterocycles. The van der Waals surface area contributed by atoms with Gasteiger partial charge in [0.05, 0.1) is 0 Å². The molecular formula is C14H24N2O. The molecule has 0 spiro atoms. The molecule has 17 heavy (non-hydrogen) atoms. The van der Waals surface area contributed by atoms with Crippen LogP contribution in [0.5, 0.6) is 0 Å². The Morgan fingerprint density at radius 2 is 2.29 bits per heavy atom. The summed E-state index contributed by atoms with van der Waals surface area (Å²) < 4.78 is 5.45. The molecule has 0 aliphatic heterocycles. The van der Waals surface area contributed by atoms with Gasteiger partial charge in [0.1, 0.15) is 11.5 Å². The molecule has 3 nitrogen and oxygen atoms in total. The van der Waals surface area contributed by atoms with Gasteiger partial charge in [0, 0.05) is 18.5 Å². The van der Waals surface area contributed by atoms with Gasteiger partial charge >= 0.3 is 0 Å². The van der Waals surface area contributed by atoms with Crippen molar-refractivity contribution in [1.29, 1.82) is 0 Å². The predicted octanol–water partition coefficient (Wildman–Crippen LogP) is 2.94. The Balaban J connectivity index is 1.97. The van der Waals surface area contributed by atoms with Crippen LogP contribution in [-0.4, -0.2) is 11.7 Å². The standard InChI is InChI=1S/C14H24N2O/c1-4-11-5-6-14-12(7-11)13(16-17-14)9-15-8-10(2)3/h10-11,15H,4-9H2,1-3H3. The maximum absolute atomic E-state index is 5.45. The first-order valence-corrected chi connectivity index (χ1v) is 6.87. The normalized spacial score (nSPS) is 19.6. The molecule has 1 aromatic heterocycles. The summed E-state index contributed by atoms with van der Waals surface area (Å²) in [6, 6.07) is 0. The van der Waals surface area contributed by atoms with Gasteiger partial charge in [-0.2, -0.15) is 0 Å². The van der Waals surface area contributed by atoms with Gasteiger partial charge in [-0.3, -0.25) is 0 Å². The zero-order chi connectivity index (χ0) is 12.3. The first-order valence-electron chi connectivity index (χ1n) is 6.87. The molecule has 0 amide bonds. The van der Waals surface area contributed by atoms with Crippen LogP contribution in [0.1, 0.15) is 50.6 Å². The van der Waals surface area contributed by atoms with E-state index in [-0.39, 0.29) is 0 Å². The molecule has 1 aliphatic carbocycles.